The first-order valence-electron chi connectivity index (χ1n) is 7.28. The predicted molar refractivity (Wildman–Crippen MR) is 81.1 cm³/mol. The van der Waals surface area contributed by atoms with Crippen molar-refractivity contribution in [3.05, 3.63) is 23.5 Å². The van der Waals surface area contributed by atoms with Crippen molar-refractivity contribution in [2.24, 2.45) is 0 Å². The number of halogens is 1. The van der Waals surface area contributed by atoms with Crippen LogP contribution < -0.4 is 20.1 Å². The van der Waals surface area contributed by atoms with Gasteiger partial charge in [0.2, 0.25) is 0 Å². The van der Waals surface area contributed by atoms with Crippen LogP contribution in [-0.4, -0.2) is 64.3 Å². The summed E-state index contributed by atoms with van der Waals surface area (Å²) in [6.45, 7) is 5.06. The summed E-state index contributed by atoms with van der Waals surface area (Å²) >= 11 is 0. The lowest BCUT2D eigenvalue weighted by atomic mass is 10.1. The Bertz CT molecular complexity index is 519. The summed E-state index contributed by atoms with van der Waals surface area (Å²) in [5.41, 5.74) is -0.0436. The second kappa shape index (κ2) is 7.95. The van der Waals surface area contributed by atoms with Crippen LogP contribution in [0.25, 0.3) is 0 Å². The summed E-state index contributed by atoms with van der Waals surface area (Å²) in [6.07, 6.45) is 0. The normalized spacial score (nSPS) is 15.4. The van der Waals surface area contributed by atoms with Gasteiger partial charge in [-0.05, 0) is 6.07 Å². The molecule has 0 spiro atoms. The highest BCUT2D eigenvalue weighted by Gasteiger charge is 2.17. The second-order valence-corrected chi connectivity index (χ2v) is 5.03. The fourth-order valence-electron chi connectivity index (χ4n) is 2.39. The van der Waals surface area contributed by atoms with Crippen LogP contribution in [0.2, 0.25) is 0 Å². The van der Waals surface area contributed by atoms with E-state index in [1.165, 1.54) is 20.3 Å². The quantitative estimate of drug-likeness (QED) is 0.800. The van der Waals surface area contributed by atoms with Crippen LogP contribution in [-0.2, 0) is 0 Å². The first kappa shape index (κ1) is 16.5. The standard InChI is InChI=1S/C15H22FN3O3/c1-21-13-9-11(12(16)10-14(13)22-2)15(20)18-5-8-19-6-3-17-4-7-19/h9-10,17H,3-8H2,1-2H3,(H,18,20). The predicted octanol–water partition coefficient (Wildman–Crippen LogP) is 0.478. The monoisotopic (exact) mass is 311 g/mol. The van der Waals surface area contributed by atoms with E-state index in [-0.39, 0.29) is 11.3 Å². The van der Waals surface area contributed by atoms with E-state index in [0.29, 0.717) is 12.3 Å². The van der Waals surface area contributed by atoms with Gasteiger partial charge in [0.15, 0.2) is 11.5 Å². The number of hydrogen-bond donors (Lipinski definition) is 2. The molecule has 1 aromatic rings. The maximum absolute atomic E-state index is 14.0. The van der Waals surface area contributed by atoms with E-state index >= 15 is 0 Å². The average Bonchev–Trinajstić information content (AvgIpc) is 2.55. The summed E-state index contributed by atoms with van der Waals surface area (Å²) in [5.74, 6) is -0.487. The van der Waals surface area contributed by atoms with E-state index < -0.39 is 11.7 Å². The maximum Gasteiger partial charge on any atom is 0.254 e. The van der Waals surface area contributed by atoms with Crippen LogP contribution >= 0.6 is 0 Å². The van der Waals surface area contributed by atoms with Gasteiger partial charge >= 0.3 is 0 Å². The summed E-state index contributed by atoms with van der Waals surface area (Å²) in [5, 5.41) is 6.00. The number of nitrogens with zero attached hydrogens (tertiary/aromatic N) is 1. The molecule has 2 rings (SSSR count). The molecular weight excluding hydrogens is 289 g/mol. The second-order valence-electron chi connectivity index (χ2n) is 5.03. The number of nitrogens with one attached hydrogen (secondary N) is 2. The molecule has 0 radical (unpaired) electrons. The van der Waals surface area contributed by atoms with Gasteiger partial charge in [-0.2, -0.15) is 0 Å². The Labute approximate surface area is 129 Å². The maximum atomic E-state index is 14.0. The lowest BCUT2D eigenvalue weighted by Crippen LogP contribution is -2.46. The van der Waals surface area contributed by atoms with Crippen LogP contribution in [0, 0.1) is 5.82 Å². The lowest BCUT2D eigenvalue weighted by molar-refractivity contribution is 0.0942. The number of carbonyl (C=O) groups is 1. The van der Waals surface area contributed by atoms with Gasteiger partial charge in [0.25, 0.3) is 5.91 Å². The Hall–Kier alpha value is -1.86. The molecule has 22 heavy (non-hydrogen) atoms. The number of ether oxygens (including phenoxy) is 2. The first-order valence-corrected chi connectivity index (χ1v) is 7.28. The number of carbonyl (C=O) groups excluding carboxylic acids is 1. The van der Waals surface area contributed by atoms with Crippen LogP contribution in [0.5, 0.6) is 11.5 Å². The topological polar surface area (TPSA) is 62.8 Å². The molecular formula is C15H22FN3O3. The molecule has 1 amide bonds. The zero-order valence-electron chi connectivity index (χ0n) is 12.9. The number of amides is 1. The van der Waals surface area contributed by atoms with E-state index in [1.54, 1.807) is 0 Å². The Balaban J connectivity index is 1.94. The number of hydrogen-bond acceptors (Lipinski definition) is 5. The van der Waals surface area contributed by atoms with Crippen LogP contribution in [0.15, 0.2) is 12.1 Å². The molecule has 0 unspecified atom stereocenters. The molecule has 1 aliphatic rings. The third-order valence-electron chi connectivity index (χ3n) is 3.64. The van der Waals surface area contributed by atoms with Crippen molar-refractivity contribution in [1.82, 2.24) is 15.5 Å². The Kier molecular flexibility index (Phi) is 5.97. The molecule has 1 fully saturated rings. The smallest absolute Gasteiger partial charge is 0.254 e. The fourth-order valence-corrected chi connectivity index (χ4v) is 2.39. The van der Waals surface area contributed by atoms with Crippen molar-refractivity contribution in [3.63, 3.8) is 0 Å². The highest BCUT2D eigenvalue weighted by atomic mass is 19.1. The summed E-state index contributed by atoms with van der Waals surface area (Å²) in [7, 11) is 2.87. The lowest BCUT2D eigenvalue weighted by Gasteiger charge is -2.27. The number of benzene rings is 1. The Morgan fingerprint density at radius 2 is 1.91 bits per heavy atom. The highest BCUT2D eigenvalue weighted by Crippen LogP contribution is 2.29. The van der Waals surface area contributed by atoms with Gasteiger partial charge in [0, 0.05) is 45.3 Å². The number of rotatable bonds is 6. The largest absolute Gasteiger partial charge is 0.493 e. The molecule has 0 saturated carbocycles. The zero-order valence-corrected chi connectivity index (χ0v) is 12.9. The zero-order chi connectivity index (χ0) is 15.9. The first-order chi connectivity index (χ1) is 10.7. The molecule has 1 aliphatic heterocycles. The average molecular weight is 311 g/mol. The van der Waals surface area contributed by atoms with Crippen LogP contribution in [0.1, 0.15) is 10.4 Å². The van der Waals surface area contributed by atoms with Gasteiger partial charge < -0.3 is 20.1 Å². The van der Waals surface area contributed by atoms with E-state index in [1.807, 2.05) is 0 Å². The summed E-state index contributed by atoms with van der Waals surface area (Å²) in [6, 6.07) is 2.51. The van der Waals surface area contributed by atoms with E-state index in [4.69, 9.17) is 9.47 Å². The number of piperazine rings is 1. The fraction of sp³-hybridized carbons (Fsp3) is 0.533. The van der Waals surface area contributed by atoms with Gasteiger partial charge in [0.1, 0.15) is 5.82 Å². The van der Waals surface area contributed by atoms with Gasteiger partial charge in [-0.25, -0.2) is 4.39 Å². The summed E-state index contributed by atoms with van der Waals surface area (Å²) in [4.78, 5) is 14.3. The minimum atomic E-state index is -0.627. The van der Waals surface area contributed by atoms with Crippen LogP contribution in [0.4, 0.5) is 4.39 Å². The SMILES string of the molecule is COc1cc(F)c(C(=O)NCCN2CCNCC2)cc1OC. The molecule has 0 aliphatic carbocycles. The van der Waals surface area contributed by atoms with E-state index in [2.05, 4.69) is 15.5 Å². The highest BCUT2D eigenvalue weighted by molar-refractivity contribution is 5.95. The van der Waals surface area contributed by atoms with Crippen molar-refractivity contribution >= 4 is 5.91 Å². The summed E-state index contributed by atoms with van der Waals surface area (Å²) < 4.78 is 24.1. The van der Waals surface area contributed by atoms with Gasteiger partial charge in [-0.1, -0.05) is 0 Å². The number of methoxy groups -OCH3 is 2. The molecule has 1 saturated heterocycles. The van der Waals surface area contributed by atoms with E-state index in [9.17, 15) is 9.18 Å². The van der Waals surface area contributed by atoms with Gasteiger partial charge in [0.05, 0.1) is 19.8 Å². The molecule has 0 aromatic heterocycles. The van der Waals surface area contributed by atoms with Gasteiger partial charge in [-0.15, -0.1) is 0 Å². The molecule has 0 bridgehead atoms. The third-order valence-corrected chi connectivity index (χ3v) is 3.64. The molecule has 7 heteroatoms. The Morgan fingerprint density at radius 1 is 1.27 bits per heavy atom. The molecule has 122 valence electrons. The van der Waals surface area contributed by atoms with Crippen molar-refractivity contribution in [1.29, 1.82) is 0 Å². The van der Waals surface area contributed by atoms with Gasteiger partial charge in [-0.3, -0.25) is 9.69 Å². The van der Waals surface area contributed by atoms with Crippen molar-refractivity contribution in [3.8, 4) is 11.5 Å². The van der Waals surface area contributed by atoms with Crippen molar-refractivity contribution in [2.75, 3.05) is 53.5 Å². The molecule has 1 heterocycles. The minimum absolute atomic E-state index is 0.0436. The third kappa shape index (κ3) is 4.08. The van der Waals surface area contributed by atoms with Crippen molar-refractivity contribution < 1.29 is 18.7 Å². The molecule has 2 N–H and O–H groups in total. The van der Waals surface area contributed by atoms with Crippen molar-refractivity contribution in [2.45, 2.75) is 0 Å². The Morgan fingerprint density at radius 3 is 2.55 bits per heavy atom. The molecule has 6 nitrogen and oxygen atoms in total. The van der Waals surface area contributed by atoms with Crippen LogP contribution in [0.3, 0.4) is 0 Å². The minimum Gasteiger partial charge on any atom is -0.493 e. The molecule has 0 atom stereocenters. The molecule has 1 aromatic carbocycles. The van der Waals surface area contributed by atoms with E-state index in [0.717, 1.165) is 38.8 Å².